The second-order valence-electron chi connectivity index (χ2n) is 5.64. The number of carbonyl (C=O) groups excluding carboxylic acids is 1. The van der Waals surface area contributed by atoms with E-state index in [1.807, 2.05) is 0 Å². The van der Waals surface area contributed by atoms with Crippen LogP contribution >= 0.6 is 0 Å². The number of epoxide rings is 1. The molecule has 2 aliphatic carbocycles. The smallest absolute Gasteiger partial charge is 0.176 e. The van der Waals surface area contributed by atoms with Crippen molar-refractivity contribution < 1.29 is 19.0 Å². The van der Waals surface area contributed by atoms with Crippen LogP contribution in [-0.2, 0) is 19.0 Å². The van der Waals surface area contributed by atoms with Crippen LogP contribution in [0.5, 0.6) is 0 Å². The Balaban J connectivity index is 1.79. The number of carbonyl (C=O) groups is 1. The van der Waals surface area contributed by atoms with Gasteiger partial charge in [0.15, 0.2) is 11.6 Å². The first-order chi connectivity index (χ1) is 7.64. The molecular weight excluding hydrogens is 208 g/mol. The summed E-state index contributed by atoms with van der Waals surface area (Å²) in [4.78, 5) is 11.7. The van der Waals surface area contributed by atoms with Gasteiger partial charge < -0.3 is 14.2 Å². The van der Waals surface area contributed by atoms with Gasteiger partial charge in [-0.15, -0.1) is 0 Å². The summed E-state index contributed by atoms with van der Waals surface area (Å²) in [5, 5.41) is 0. The van der Waals surface area contributed by atoms with Gasteiger partial charge in [-0.3, -0.25) is 4.79 Å². The number of Topliss-reactive ketones (excluding diaryl/α,β-unsaturated/α-hetero) is 1. The highest BCUT2D eigenvalue weighted by molar-refractivity contribution is 5.89. The molecule has 0 aromatic carbocycles. The summed E-state index contributed by atoms with van der Waals surface area (Å²) >= 11 is 0. The maximum absolute atomic E-state index is 11.7. The third-order valence-corrected chi connectivity index (χ3v) is 5.21. The first kappa shape index (κ1) is 9.57. The van der Waals surface area contributed by atoms with E-state index in [0.717, 1.165) is 19.3 Å². The molecule has 4 heteroatoms. The molecule has 0 aromatic heterocycles. The Morgan fingerprint density at radius 1 is 1.19 bits per heavy atom. The first-order valence-corrected chi connectivity index (χ1v) is 6.12. The minimum absolute atomic E-state index is 0.130. The summed E-state index contributed by atoms with van der Waals surface area (Å²) in [6.07, 6.45) is 3.05. The van der Waals surface area contributed by atoms with Crippen molar-refractivity contribution in [2.24, 2.45) is 5.41 Å². The van der Waals surface area contributed by atoms with E-state index in [1.165, 1.54) is 0 Å². The molecule has 2 heterocycles. The minimum Gasteiger partial charge on any atom is -0.357 e. The molecular formula is C12H16O4. The van der Waals surface area contributed by atoms with Gasteiger partial charge in [-0.2, -0.15) is 0 Å². The second kappa shape index (κ2) is 2.52. The van der Waals surface area contributed by atoms with E-state index in [-0.39, 0.29) is 22.9 Å². The predicted octanol–water partition coefficient (Wildman–Crippen LogP) is 1.03. The summed E-state index contributed by atoms with van der Waals surface area (Å²) in [6.45, 7) is 3.52. The number of hydrogen-bond acceptors (Lipinski definition) is 4. The van der Waals surface area contributed by atoms with Gasteiger partial charge in [-0.1, -0.05) is 6.92 Å². The molecule has 0 amide bonds. The molecule has 4 rings (SSSR count). The lowest BCUT2D eigenvalue weighted by molar-refractivity contribution is -0.229. The van der Waals surface area contributed by atoms with Crippen LogP contribution in [0.3, 0.4) is 0 Å². The monoisotopic (exact) mass is 224 g/mol. The van der Waals surface area contributed by atoms with Gasteiger partial charge >= 0.3 is 0 Å². The molecule has 4 nitrogen and oxygen atoms in total. The summed E-state index contributed by atoms with van der Waals surface area (Å²) in [5.74, 6) is -0.199. The maximum atomic E-state index is 11.7. The molecule has 88 valence electrons. The van der Waals surface area contributed by atoms with E-state index in [1.54, 1.807) is 0 Å². The molecule has 4 aliphatic rings. The summed E-state index contributed by atoms with van der Waals surface area (Å²) in [6, 6.07) is 0. The number of rotatable bonds is 0. The molecule has 0 N–H and O–H groups in total. The highest BCUT2D eigenvalue weighted by Crippen LogP contribution is 2.70. The van der Waals surface area contributed by atoms with E-state index in [0.29, 0.717) is 19.6 Å². The van der Waals surface area contributed by atoms with Gasteiger partial charge in [0.2, 0.25) is 0 Å². The minimum atomic E-state index is -0.470. The largest absolute Gasteiger partial charge is 0.357 e. The molecule has 4 fully saturated rings. The van der Waals surface area contributed by atoms with Crippen LogP contribution in [0, 0.1) is 5.41 Å². The predicted molar refractivity (Wildman–Crippen MR) is 53.8 cm³/mol. The summed E-state index contributed by atoms with van der Waals surface area (Å²) in [5.41, 5.74) is -0.387. The topological polar surface area (TPSA) is 48.1 Å². The Kier molecular flexibility index (Phi) is 1.51. The first-order valence-electron chi connectivity index (χ1n) is 6.12. The van der Waals surface area contributed by atoms with Gasteiger partial charge in [0.1, 0.15) is 11.7 Å². The lowest BCUT2D eigenvalue weighted by Crippen LogP contribution is -2.53. The van der Waals surface area contributed by atoms with Crippen molar-refractivity contribution in [1.82, 2.24) is 0 Å². The lowest BCUT2D eigenvalue weighted by Gasteiger charge is -2.42. The summed E-state index contributed by atoms with van der Waals surface area (Å²) in [7, 11) is 0. The van der Waals surface area contributed by atoms with Crippen LogP contribution in [0.4, 0.5) is 0 Å². The molecule has 0 aromatic rings. The van der Waals surface area contributed by atoms with E-state index < -0.39 is 5.79 Å². The highest BCUT2D eigenvalue weighted by atomic mass is 16.7. The van der Waals surface area contributed by atoms with E-state index in [4.69, 9.17) is 14.2 Å². The maximum Gasteiger partial charge on any atom is 0.176 e. The Morgan fingerprint density at radius 3 is 2.69 bits per heavy atom. The van der Waals surface area contributed by atoms with Crippen LogP contribution in [0.2, 0.25) is 0 Å². The van der Waals surface area contributed by atoms with Crippen LogP contribution in [-0.4, -0.2) is 36.5 Å². The molecule has 2 saturated heterocycles. The fourth-order valence-electron chi connectivity index (χ4n) is 4.16. The second-order valence-corrected chi connectivity index (χ2v) is 5.64. The van der Waals surface area contributed by atoms with E-state index >= 15 is 0 Å². The van der Waals surface area contributed by atoms with Crippen molar-refractivity contribution in [3.63, 3.8) is 0 Å². The quantitative estimate of drug-likeness (QED) is 0.577. The standard InChI is InChI=1S/C12H16O4/c1-10-3-2-8(13)9-11(10,16-9)4-5-12(10)14-6-7-15-12/h9H,2-7H2,1H3/t9-,10+,11+/m1/s1. The van der Waals surface area contributed by atoms with E-state index in [9.17, 15) is 4.79 Å². The lowest BCUT2D eigenvalue weighted by atomic mass is 9.66. The number of hydrogen-bond donors (Lipinski definition) is 0. The van der Waals surface area contributed by atoms with Crippen molar-refractivity contribution in [3.8, 4) is 0 Å². The molecule has 2 saturated carbocycles. The average molecular weight is 224 g/mol. The number of ether oxygens (including phenoxy) is 3. The molecule has 3 atom stereocenters. The zero-order valence-corrected chi connectivity index (χ0v) is 9.45. The van der Waals surface area contributed by atoms with Crippen LogP contribution in [0.25, 0.3) is 0 Å². The SMILES string of the molecule is C[C@]12CCC(=O)[C@H]3O[C@@]31CCC21OCCO1. The van der Waals surface area contributed by atoms with Crippen molar-refractivity contribution in [2.45, 2.75) is 50.1 Å². The van der Waals surface area contributed by atoms with Gasteiger partial charge in [-0.25, -0.2) is 0 Å². The van der Waals surface area contributed by atoms with Gasteiger partial charge in [-0.05, 0) is 12.8 Å². The van der Waals surface area contributed by atoms with Gasteiger partial charge in [0.05, 0.1) is 18.6 Å². The highest BCUT2D eigenvalue weighted by Gasteiger charge is 2.81. The van der Waals surface area contributed by atoms with Crippen molar-refractivity contribution >= 4 is 5.78 Å². The molecule has 2 aliphatic heterocycles. The van der Waals surface area contributed by atoms with Gasteiger partial charge in [0.25, 0.3) is 0 Å². The Hall–Kier alpha value is -0.450. The molecule has 0 bridgehead atoms. The van der Waals surface area contributed by atoms with Crippen molar-refractivity contribution in [1.29, 1.82) is 0 Å². The van der Waals surface area contributed by atoms with Crippen molar-refractivity contribution in [2.75, 3.05) is 13.2 Å². The Morgan fingerprint density at radius 2 is 1.94 bits per heavy atom. The fourth-order valence-corrected chi connectivity index (χ4v) is 4.16. The third-order valence-electron chi connectivity index (χ3n) is 5.21. The number of fused-ring (bicyclic) bond motifs is 1. The normalized spacial score (nSPS) is 52.8. The molecule has 2 spiro atoms. The molecule has 0 radical (unpaired) electrons. The number of ketones is 1. The molecule has 0 unspecified atom stereocenters. The van der Waals surface area contributed by atoms with Crippen LogP contribution in [0.1, 0.15) is 32.6 Å². The average Bonchev–Trinajstić information content (AvgIpc) is 2.76. The van der Waals surface area contributed by atoms with Crippen LogP contribution in [0.15, 0.2) is 0 Å². The zero-order chi connectivity index (χ0) is 11.0. The molecule has 16 heavy (non-hydrogen) atoms. The zero-order valence-electron chi connectivity index (χ0n) is 9.45. The Bertz CT molecular complexity index is 373. The Labute approximate surface area is 94.2 Å². The fraction of sp³-hybridized carbons (Fsp3) is 0.917. The van der Waals surface area contributed by atoms with Gasteiger partial charge in [0, 0.05) is 12.8 Å². The summed E-state index contributed by atoms with van der Waals surface area (Å²) < 4.78 is 17.6. The van der Waals surface area contributed by atoms with Crippen LogP contribution < -0.4 is 0 Å². The third kappa shape index (κ3) is 0.773. The van der Waals surface area contributed by atoms with Crippen molar-refractivity contribution in [3.05, 3.63) is 0 Å². The van der Waals surface area contributed by atoms with E-state index in [2.05, 4.69) is 6.92 Å².